The summed E-state index contributed by atoms with van der Waals surface area (Å²) in [5.74, 6) is 0.409. The molecule has 1 atom stereocenters. The fourth-order valence-electron chi connectivity index (χ4n) is 7.56. The Kier molecular flexibility index (Phi) is 10.8. The van der Waals surface area contributed by atoms with E-state index in [4.69, 9.17) is 16.3 Å². The van der Waals surface area contributed by atoms with Crippen molar-refractivity contribution in [3.05, 3.63) is 87.6 Å². The van der Waals surface area contributed by atoms with Crippen molar-refractivity contribution < 1.29 is 23.1 Å². The van der Waals surface area contributed by atoms with Gasteiger partial charge in [-0.25, -0.2) is 0 Å². The van der Waals surface area contributed by atoms with Crippen LogP contribution >= 0.6 is 11.6 Å². The van der Waals surface area contributed by atoms with Gasteiger partial charge in [-0.05, 0) is 80.1 Å². The number of aromatic nitrogens is 3. The second kappa shape index (κ2) is 15.7. The summed E-state index contributed by atoms with van der Waals surface area (Å²) < 4.78 is 33.6. The molecule has 2 aromatic carbocycles. The molecule has 3 aliphatic heterocycles. The van der Waals surface area contributed by atoms with E-state index < -0.39 is 6.61 Å². The molecule has 2 amide bonds. The van der Waals surface area contributed by atoms with Gasteiger partial charge in [-0.2, -0.15) is 13.9 Å². The Morgan fingerprint density at radius 3 is 2.49 bits per heavy atom. The Bertz CT molecular complexity index is 2050. The van der Waals surface area contributed by atoms with Crippen LogP contribution in [-0.4, -0.2) is 99.7 Å². The Labute approximate surface area is 310 Å². The molecule has 0 spiro atoms. The van der Waals surface area contributed by atoms with Gasteiger partial charge in [-0.3, -0.25) is 29.3 Å². The van der Waals surface area contributed by atoms with Crippen LogP contribution < -0.4 is 20.9 Å². The largest absolute Gasteiger partial charge is 0.434 e. The maximum absolute atomic E-state index is 13.6. The number of likely N-dealkylation sites (tertiary alicyclic amines) is 1. The number of aromatic amines is 1. The third-order valence-corrected chi connectivity index (χ3v) is 10.9. The number of H-pyrrole nitrogens is 1. The van der Waals surface area contributed by atoms with Gasteiger partial charge in [0.15, 0.2) is 0 Å². The first kappa shape index (κ1) is 36.6. The van der Waals surface area contributed by atoms with Crippen LogP contribution in [0.15, 0.2) is 65.9 Å². The molecule has 1 unspecified atom stereocenters. The van der Waals surface area contributed by atoms with Gasteiger partial charge in [-0.15, -0.1) is 0 Å². The molecule has 5 heterocycles. The second-order valence-corrected chi connectivity index (χ2v) is 14.5. The number of nitrogens with one attached hydrogen (secondary N) is 3. The minimum atomic E-state index is -3.06. The van der Waals surface area contributed by atoms with Crippen LogP contribution in [0.2, 0.25) is 5.02 Å². The SMILES string of the molecule is C=C1CCC(Nc2ccc(C3CCN(CC(=O)N4CCN(Cc5c(Cl)cc(-c6cn(C)c(=O)c7[nH]ncc67)cc5OC(F)F)CC4)CC3)cc2)C(=O)N1. The Hall–Kier alpha value is -4.79. The molecule has 3 aliphatic rings. The van der Waals surface area contributed by atoms with Gasteiger partial charge < -0.3 is 24.8 Å². The zero-order valence-corrected chi connectivity index (χ0v) is 30.3. The normalized spacial score (nSPS) is 19.2. The van der Waals surface area contributed by atoms with Crippen molar-refractivity contribution in [3.8, 4) is 16.9 Å². The number of halogens is 3. The maximum Gasteiger partial charge on any atom is 0.387 e. The lowest BCUT2D eigenvalue weighted by molar-refractivity contribution is -0.134. The van der Waals surface area contributed by atoms with Crippen LogP contribution in [0.1, 0.15) is 42.7 Å². The first-order chi connectivity index (χ1) is 25.5. The highest BCUT2D eigenvalue weighted by molar-refractivity contribution is 6.32. The lowest BCUT2D eigenvalue weighted by Gasteiger charge is -2.37. The molecule has 4 aromatic rings. The van der Waals surface area contributed by atoms with Crippen molar-refractivity contribution >= 4 is 40.0 Å². The molecule has 3 fully saturated rings. The number of carbonyl (C=O) groups excluding carboxylic acids is 2. The van der Waals surface area contributed by atoms with E-state index in [-0.39, 0.29) is 40.7 Å². The smallest absolute Gasteiger partial charge is 0.387 e. The number of aryl methyl sites for hydroxylation is 1. The van der Waals surface area contributed by atoms with Crippen LogP contribution in [-0.2, 0) is 23.2 Å². The standard InChI is InChI=1S/C38H43ClF2N8O4/c1-23-3-8-32(36(51)43-23)44-27-6-4-24(5-7-27)25-9-11-47(12-10-25)22-34(50)49-15-13-48(14-16-49)21-30-31(39)17-26(18-33(30)53-38(40)41)29-20-46(2)37(52)35-28(29)19-42-45-35/h4-7,17-20,25,32,38,44H,1,3,8-16,21-22H2,2H3,(H,42,45)(H,43,51). The Morgan fingerprint density at radius 2 is 1.79 bits per heavy atom. The molecule has 0 bridgehead atoms. The van der Waals surface area contributed by atoms with E-state index in [0.717, 1.165) is 50.2 Å². The minimum absolute atomic E-state index is 0.0390. The Balaban J connectivity index is 0.907. The van der Waals surface area contributed by atoms with E-state index in [1.54, 1.807) is 19.3 Å². The van der Waals surface area contributed by atoms with Crippen molar-refractivity contribution in [1.82, 2.24) is 34.8 Å². The summed E-state index contributed by atoms with van der Waals surface area (Å²) in [6, 6.07) is 11.3. The molecule has 0 radical (unpaired) electrons. The molecule has 12 nitrogen and oxygen atoms in total. The van der Waals surface area contributed by atoms with Crippen LogP contribution in [0.25, 0.3) is 22.0 Å². The summed E-state index contributed by atoms with van der Waals surface area (Å²) in [5, 5.41) is 13.6. The van der Waals surface area contributed by atoms with Gasteiger partial charge >= 0.3 is 6.61 Å². The number of hydrogen-bond donors (Lipinski definition) is 3. The van der Waals surface area contributed by atoms with Crippen LogP contribution in [0.4, 0.5) is 14.5 Å². The molecule has 7 rings (SSSR count). The van der Waals surface area contributed by atoms with Crippen LogP contribution in [0.3, 0.4) is 0 Å². The van der Waals surface area contributed by atoms with Crippen LogP contribution in [0.5, 0.6) is 5.75 Å². The first-order valence-corrected chi connectivity index (χ1v) is 18.3. The number of amides is 2. The van der Waals surface area contributed by atoms with Gasteiger partial charge in [0, 0.05) is 78.9 Å². The van der Waals surface area contributed by atoms with Crippen molar-refractivity contribution in [1.29, 1.82) is 0 Å². The maximum atomic E-state index is 13.6. The minimum Gasteiger partial charge on any atom is -0.434 e. The van der Waals surface area contributed by atoms with Crippen LogP contribution in [0, 0.1) is 0 Å². The highest BCUT2D eigenvalue weighted by atomic mass is 35.5. The monoisotopic (exact) mass is 748 g/mol. The van der Waals surface area contributed by atoms with E-state index in [1.807, 2.05) is 17.0 Å². The van der Waals surface area contributed by atoms with E-state index in [2.05, 4.69) is 49.3 Å². The Morgan fingerprint density at radius 1 is 1.06 bits per heavy atom. The number of alkyl halides is 2. The predicted octanol–water partition coefficient (Wildman–Crippen LogP) is 4.91. The summed E-state index contributed by atoms with van der Waals surface area (Å²) in [4.78, 5) is 44.2. The summed E-state index contributed by atoms with van der Waals surface area (Å²) in [7, 11) is 1.60. The van der Waals surface area contributed by atoms with Crippen molar-refractivity contribution in [2.45, 2.75) is 50.8 Å². The number of benzene rings is 2. The fourth-order valence-corrected chi connectivity index (χ4v) is 7.83. The van der Waals surface area contributed by atoms with Crippen molar-refractivity contribution in [2.75, 3.05) is 51.1 Å². The number of piperazine rings is 1. The lowest BCUT2D eigenvalue weighted by Crippen LogP contribution is -2.51. The van der Waals surface area contributed by atoms with Crippen molar-refractivity contribution in [3.63, 3.8) is 0 Å². The van der Waals surface area contributed by atoms with E-state index in [0.29, 0.717) is 66.2 Å². The molecular formula is C38H43ClF2N8O4. The average Bonchev–Trinajstić information content (AvgIpc) is 3.64. The number of allylic oxidation sites excluding steroid dienone is 1. The van der Waals surface area contributed by atoms with Gasteiger partial charge in [0.1, 0.15) is 17.3 Å². The summed E-state index contributed by atoms with van der Waals surface area (Å²) in [6.45, 7) is 5.22. The second-order valence-electron chi connectivity index (χ2n) is 14.1. The number of ether oxygens (including phenoxy) is 1. The number of piperidine rings is 2. The summed E-state index contributed by atoms with van der Waals surface area (Å²) >= 11 is 6.74. The third kappa shape index (κ3) is 8.24. The molecular weight excluding hydrogens is 706 g/mol. The highest BCUT2D eigenvalue weighted by Gasteiger charge is 2.28. The van der Waals surface area contributed by atoms with Gasteiger partial charge in [-0.1, -0.05) is 30.3 Å². The lowest BCUT2D eigenvalue weighted by atomic mass is 9.89. The van der Waals surface area contributed by atoms with E-state index >= 15 is 0 Å². The number of nitrogens with zero attached hydrogens (tertiary/aromatic N) is 5. The molecule has 3 saturated heterocycles. The predicted molar refractivity (Wildman–Crippen MR) is 199 cm³/mol. The number of carbonyl (C=O) groups is 2. The fraction of sp³-hybridized carbons (Fsp3) is 0.421. The zero-order chi connectivity index (χ0) is 37.2. The molecule has 2 aromatic heterocycles. The molecule has 53 heavy (non-hydrogen) atoms. The van der Waals surface area contributed by atoms with E-state index in [1.165, 1.54) is 22.4 Å². The highest BCUT2D eigenvalue weighted by Crippen LogP contribution is 2.37. The number of fused-ring (bicyclic) bond motifs is 1. The molecule has 0 aliphatic carbocycles. The quantitative estimate of drug-likeness (QED) is 0.209. The van der Waals surface area contributed by atoms with Crippen molar-refractivity contribution in [2.24, 2.45) is 7.05 Å². The zero-order valence-electron chi connectivity index (χ0n) is 29.5. The van der Waals surface area contributed by atoms with Gasteiger partial charge in [0.25, 0.3) is 5.56 Å². The molecule has 0 saturated carbocycles. The summed E-state index contributed by atoms with van der Waals surface area (Å²) in [6.07, 6.45) is 6.54. The third-order valence-electron chi connectivity index (χ3n) is 10.6. The molecule has 15 heteroatoms. The molecule has 3 N–H and O–H groups in total. The first-order valence-electron chi connectivity index (χ1n) is 17.9. The average molecular weight is 749 g/mol. The topological polar surface area (TPSA) is 128 Å². The number of rotatable bonds is 10. The number of hydrogen-bond acceptors (Lipinski definition) is 8. The van der Waals surface area contributed by atoms with Gasteiger partial charge in [0.05, 0.1) is 12.7 Å². The van der Waals surface area contributed by atoms with Gasteiger partial charge in [0.2, 0.25) is 11.8 Å². The number of pyridine rings is 1. The number of anilines is 1. The summed E-state index contributed by atoms with van der Waals surface area (Å²) in [5.41, 5.74) is 4.53. The molecule has 280 valence electrons. The van der Waals surface area contributed by atoms with E-state index in [9.17, 15) is 23.2 Å².